The van der Waals surface area contributed by atoms with E-state index >= 15 is 0 Å². The van der Waals surface area contributed by atoms with Gasteiger partial charge in [0.15, 0.2) is 0 Å². The van der Waals surface area contributed by atoms with Crippen LogP contribution >= 0.6 is 0 Å². The Morgan fingerprint density at radius 1 is 1.32 bits per heavy atom. The molecule has 2 aromatic rings. The van der Waals surface area contributed by atoms with Gasteiger partial charge in [-0.2, -0.15) is 0 Å². The topological polar surface area (TPSA) is 48.4 Å². The summed E-state index contributed by atoms with van der Waals surface area (Å²) in [6.45, 7) is 2.90. The monoisotopic (exact) mass is 257 g/mol. The molecule has 1 aliphatic rings. The molecule has 3 rings (SSSR count). The summed E-state index contributed by atoms with van der Waals surface area (Å²) in [5.41, 5.74) is 9.84. The van der Waals surface area contributed by atoms with Crippen molar-refractivity contribution in [2.24, 2.45) is 5.73 Å². The third kappa shape index (κ3) is 2.26. The van der Waals surface area contributed by atoms with E-state index in [0.29, 0.717) is 0 Å². The Labute approximate surface area is 113 Å². The van der Waals surface area contributed by atoms with Crippen LogP contribution in [0.1, 0.15) is 41.8 Å². The van der Waals surface area contributed by atoms with Crippen LogP contribution in [0.15, 0.2) is 34.9 Å². The second kappa shape index (κ2) is 5.10. The van der Waals surface area contributed by atoms with Gasteiger partial charge >= 0.3 is 0 Å². The zero-order chi connectivity index (χ0) is 13.2. The second-order valence-electron chi connectivity index (χ2n) is 4.95. The molecule has 0 saturated carbocycles. The van der Waals surface area contributed by atoms with E-state index < -0.39 is 0 Å². The molecule has 3 nitrogen and oxygen atoms in total. The minimum atomic E-state index is -0.124. The van der Waals surface area contributed by atoms with Crippen molar-refractivity contribution in [3.05, 3.63) is 53.0 Å². The summed E-state index contributed by atoms with van der Waals surface area (Å²) in [6, 6.07) is 8.11. The van der Waals surface area contributed by atoms with Gasteiger partial charge in [-0.3, -0.25) is 0 Å². The van der Waals surface area contributed by atoms with Crippen LogP contribution in [-0.2, 0) is 12.8 Å². The Bertz CT molecular complexity index is 574. The Balaban J connectivity index is 1.93. The number of aryl methyl sites for hydroxylation is 2. The number of benzene rings is 1. The average Bonchev–Trinajstić information content (AvgIpc) is 2.94. The highest BCUT2D eigenvalue weighted by Crippen LogP contribution is 2.30. The van der Waals surface area contributed by atoms with E-state index in [-0.39, 0.29) is 6.04 Å². The number of hydrogen-bond donors (Lipinski definition) is 1. The lowest BCUT2D eigenvalue weighted by Crippen LogP contribution is -2.14. The largest absolute Gasteiger partial charge is 0.493 e. The first-order valence-electron chi connectivity index (χ1n) is 6.87. The second-order valence-corrected chi connectivity index (χ2v) is 4.95. The van der Waals surface area contributed by atoms with Crippen LogP contribution in [-0.4, -0.2) is 6.61 Å². The summed E-state index contributed by atoms with van der Waals surface area (Å²) >= 11 is 0. The first-order valence-corrected chi connectivity index (χ1v) is 6.87. The van der Waals surface area contributed by atoms with Crippen LogP contribution in [0, 0.1) is 0 Å². The lowest BCUT2D eigenvalue weighted by Gasteiger charge is -2.20. The van der Waals surface area contributed by atoms with E-state index in [0.717, 1.165) is 48.5 Å². The molecule has 1 aromatic heterocycles. The maximum absolute atomic E-state index is 6.37. The van der Waals surface area contributed by atoms with Gasteiger partial charge in [0.2, 0.25) is 0 Å². The van der Waals surface area contributed by atoms with Crippen LogP contribution in [0.3, 0.4) is 0 Å². The molecule has 0 radical (unpaired) electrons. The maximum Gasteiger partial charge on any atom is 0.122 e. The highest BCUT2D eigenvalue weighted by atomic mass is 16.5. The van der Waals surface area contributed by atoms with Crippen LogP contribution in [0.4, 0.5) is 0 Å². The molecule has 2 heterocycles. The lowest BCUT2D eigenvalue weighted by atomic mass is 9.95. The third-order valence-electron chi connectivity index (χ3n) is 3.73. The van der Waals surface area contributed by atoms with Gasteiger partial charge in [-0.15, -0.1) is 0 Å². The molecule has 1 aliphatic heterocycles. The van der Waals surface area contributed by atoms with Crippen LogP contribution in [0.2, 0.25) is 0 Å². The van der Waals surface area contributed by atoms with E-state index in [1.807, 2.05) is 12.1 Å². The predicted octanol–water partition coefficient (Wildman–Crippen LogP) is 3.22. The van der Waals surface area contributed by atoms with E-state index in [2.05, 4.69) is 19.1 Å². The maximum atomic E-state index is 6.37. The summed E-state index contributed by atoms with van der Waals surface area (Å²) in [5, 5.41) is 0. The Hall–Kier alpha value is -1.74. The van der Waals surface area contributed by atoms with E-state index in [9.17, 15) is 0 Å². The molecule has 19 heavy (non-hydrogen) atoms. The fourth-order valence-electron chi connectivity index (χ4n) is 2.67. The average molecular weight is 257 g/mol. The fraction of sp³-hybridized carbons (Fsp3) is 0.375. The predicted molar refractivity (Wildman–Crippen MR) is 74.4 cm³/mol. The molecule has 0 saturated heterocycles. The highest BCUT2D eigenvalue weighted by Gasteiger charge is 2.17. The van der Waals surface area contributed by atoms with Gasteiger partial charge in [-0.1, -0.05) is 19.1 Å². The van der Waals surface area contributed by atoms with Gasteiger partial charge in [0.1, 0.15) is 11.5 Å². The van der Waals surface area contributed by atoms with Gasteiger partial charge in [0.25, 0.3) is 0 Å². The first kappa shape index (κ1) is 12.3. The molecule has 3 heteroatoms. The standard InChI is InChI=1S/C16H19NO2/c1-2-14-13(7-9-19-14)16(17)12-5-6-15-11(10-12)4-3-8-18-15/h5-7,9-10,16H,2-4,8,17H2,1H3. The van der Waals surface area contributed by atoms with Crippen molar-refractivity contribution < 1.29 is 9.15 Å². The molecule has 2 N–H and O–H groups in total. The van der Waals surface area contributed by atoms with Crippen LogP contribution in [0.25, 0.3) is 0 Å². The van der Waals surface area contributed by atoms with Crippen molar-refractivity contribution in [3.63, 3.8) is 0 Å². The van der Waals surface area contributed by atoms with Crippen molar-refractivity contribution >= 4 is 0 Å². The van der Waals surface area contributed by atoms with Gasteiger partial charge < -0.3 is 14.9 Å². The lowest BCUT2D eigenvalue weighted by molar-refractivity contribution is 0.288. The van der Waals surface area contributed by atoms with E-state index in [4.69, 9.17) is 14.9 Å². The number of fused-ring (bicyclic) bond motifs is 1. The minimum Gasteiger partial charge on any atom is -0.493 e. The molecule has 1 atom stereocenters. The quantitative estimate of drug-likeness (QED) is 0.918. The number of rotatable bonds is 3. The first-order chi connectivity index (χ1) is 9.29. The molecule has 0 fully saturated rings. The molecular formula is C16H19NO2. The van der Waals surface area contributed by atoms with Gasteiger partial charge in [0.05, 0.1) is 18.9 Å². The molecule has 0 bridgehead atoms. The summed E-state index contributed by atoms with van der Waals surface area (Å²) in [6.07, 6.45) is 4.74. The van der Waals surface area contributed by atoms with Crippen molar-refractivity contribution in [2.75, 3.05) is 6.61 Å². The van der Waals surface area contributed by atoms with Crippen molar-refractivity contribution in [1.29, 1.82) is 0 Å². The van der Waals surface area contributed by atoms with Gasteiger partial charge in [0, 0.05) is 12.0 Å². The van der Waals surface area contributed by atoms with Crippen LogP contribution < -0.4 is 10.5 Å². The number of ether oxygens (including phenoxy) is 1. The van der Waals surface area contributed by atoms with Gasteiger partial charge in [-0.05, 0) is 36.1 Å². The van der Waals surface area contributed by atoms with Crippen molar-refractivity contribution in [1.82, 2.24) is 0 Å². The zero-order valence-corrected chi connectivity index (χ0v) is 11.2. The molecule has 1 aromatic carbocycles. The highest BCUT2D eigenvalue weighted by molar-refractivity contribution is 5.42. The Morgan fingerprint density at radius 3 is 3.05 bits per heavy atom. The van der Waals surface area contributed by atoms with E-state index in [1.165, 1.54) is 5.56 Å². The normalized spacial score (nSPS) is 15.7. The third-order valence-corrected chi connectivity index (χ3v) is 3.73. The summed E-state index contributed by atoms with van der Waals surface area (Å²) in [7, 11) is 0. The number of furan rings is 1. The molecule has 1 unspecified atom stereocenters. The van der Waals surface area contributed by atoms with Gasteiger partial charge in [-0.25, -0.2) is 0 Å². The Kier molecular flexibility index (Phi) is 3.30. The molecule has 0 amide bonds. The van der Waals surface area contributed by atoms with Crippen LogP contribution in [0.5, 0.6) is 5.75 Å². The Morgan fingerprint density at radius 2 is 2.21 bits per heavy atom. The van der Waals surface area contributed by atoms with Crippen molar-refractivity contribution in [2.45, 2.75) is 32.2 Å². The molecular weight excluding hydrogens is 238 g/mol. The number of nitrogens with two attached hydrogens (primary N) is 1. The minimum absolute atomic E-state index is 0.124. The van der Waals surface area contributed by atoms with Crippen molar-refractivity contribution in [3.8, 4) is 5.75 Å². The molecule has 0 aliphatic carbocycles. The smallest absolute Gasteiger partial charge is 0.122 e. The number of hydrogen-bond acceptors (Lipinski definition) is 3. The SMILES string of the molecule is CCc1occc1C(N)c1ccc2c(c1)CCCO2. The summed E-state index contributed by atoms with van der Waals surface area (Å²) in [5.74, 6) is 1.98. The van der Waals surface area contributed by atoms with E-state index in [1.54, 1.807) is 6.26 Å². The fourth-order valence-corrected chi connectivity index (χ4v) is 2.67. The molecule has 100 valence electrons. The zero-order valence-electron chi connectivity index (χ0n) is 11.2. The summed E-state index contributed by atoms with van der Waals surface area (Å²) in [4.78, 5) is 0. The molecule has 0 spiro atoms. The summed E-state index contributed by atoms with van der Waals surface area (Å²) < 4.78 is 11.1.